The van der Waals surface area contributed by atoms with Crippen molar-refractivity contribution in [2.24, 2.45) is 0 Å². The molecule has 36 heavy (non-hydrogen) atoms. The summed E-state index contributed by atoms with van der Waals surface area (Å²) >= 11 is 0. The second kappa shape index (κ2) is 22.8. The number of hydrogen-bond donors (Lipinski definition) is 3. The van der Waals surface area contributed by atoms with E-state index < -0.39 is 54.1 Å². The van der Waals surface area contributed by atoms with Gasteiger partial charge in [0, 0.05) is 0 Å². The fourth-order valence-electron chi connectivity index (χ4n) is 1.97. The van der Waals surface area contributed by atoms with Gasteiger partial charge in [-0.2, -0.15) is 0 Å². The van der Waals surface area contributed by atoms with E-state index >= 15 is 0 Å². The number of terminal acetylenes is 1. The van der Waals surface area contributed by atoms with Crippen molar-refractivity contribution in [3.63, 3.8) is 0 Å². The largest absolute Gasteiger partial charge is 0.110 e. The molecule has 0 rings (SSSR count). The third-order valence-electron chi connectivity index (χ3n) is 4.92. The van der Waals surface area contributed by atoms with Crippen LogP contribution in [-0.2, 0) is 30.4 Å². The van der Waals surface area contributed by atoms with Crippen LogP contribution in [0.3, 0.4) is 0 Å². The van der Waals surface area contributed by atoms with Gasteiger partial charge in [0.1, 0.15) is 0 Å². The van der Waals surface area contributed by atoms with Crippen LogP contribution in [-0.4, -0.2) is 112 Å². The summed E-state index contributed by atoms with van der Waals surface area (Å²) in [7, 11) is -17.2. The molecule has 0 aromatic rings. The van der Waals surface area contributed by atoms with Gasteiger partial charge in [0.2, 0.25) is 0 Å². The van der Waals surface area contributed by atoms with Crippen molar-refractivity contribution >= 4 is 61.4 Å². The third-order valence-corrected chi connectivity index (χ3v) is 23.0. The zero-order valence-corrected chi connectivity index (χ0v) is 29.4. The minimum absolute atomic E-state index is 0.424. The monoisotopic (exact) mass is 654 g/mol. The van der Waals surface area contributed by atoms with Crippen LogP contribution in [0.2, 0.25) is 0 Å². The van der Waals surface area contributed by atoms with E-state index in [1.807, 2.05) is 0 Å². The van der Waals surface area contributed by atoms with E-state index in [0.717, 1.165) is 0 Å². The topological polar surface area (TPSA) is 163 Å². The Labute approximate surface area is 226 Å². The Morgan fingerprint density at radius 3 is 0.778 bits per heavy atom. The average molecular weight is 655 g/mol. The molecule has 0 radical (unpaired) electrons. The first-order valence-electron chi connectivity index (χ1n) is 11.5. The van der Waals surface area contributed by atoms with Crippen LogP contribution in [0.5, 0.6) is 0 Å². The van der Waals surface area contributed by atoms with Crippen molar-refractivity contribution in [3.05, 3.63) is 0 Å². The Hall–Kier alpha value is 1.01. The molecule has 222 valence electrons. The van der Waals surface area contributed by atoms with E-state index in [9.17, 15) is 25.3 Å². The van der Waals surface area contributed by atoms with E-state index in [1.165, 1.54) is 37.0 Å². The van der Waals surface area contributed by atoms with Gasteiger partial charge >= 0.3 is 105 Å². The maximum atomic E-state index is 10.7. The van der Waals surface area contributed by atoms with Gasteiger partial charge in [-0.1, -0.05) is 41.5 Å². The molecule has 0 bridgehead atoms. The van der Waals surface area contributed by atoms with Crippen LogP contribution in [0.4, 0.5) is 0 Å². The Morgan fingerprint density at radius 2 is 0.722 bits per heavy atom. The van der Waals surface area contributed by atoms with Crippen molar-refractivity contribution in [3.8, 4) is 12.1 Å². The van der Waals surface area contributed by atoms with Crippen LogP contribution in [0.1, 0.15) is 41.5 Å². The van der Waals surface area contributed by atoms with Crippen molar-refractivity contribution in [1.29, 1.82) is 0 Å². The van der Waals surface area contributed by atoms with E-state index in [-0.39, 0.29) is 0 Å². The molecule has 0 saturated carbocycles. The summed E-state index contributed by atoms with van der Waals surface area (Å²) in [6, 6.07) is 0. The smallest absolute Gasteiger partial charge is 0.0357 e. The van der Waals surface area contributed by atoms with Crippen molar-refractivity contribution in [1.82, 2.24) is 0 Å². The first kappa shape index (κ1) is 44.0. The zero-order valence-electron chi connectivity index (χ0n) is 23.3. The molecule has 0 aromatic heterocycles. The predicted molar refractivity (Wildman–Crippen MR) is 168 cm³/mol. The van der Waals surface area contributed by atoms with Crippen molar-refractivity contribution < 1.29 is 38.9 Å². The normalized spacial score (nSPS) is 12.5. The zero-order chi connectivity index (χ0) is 29.8. The Morgan fingerprint density at radius 1 is 0.556 bits per heavy atom. The molecule has 0 unspecified atom stereocenters. The molecule has 0 saturated heterocycles. The molecule has 0 aromatic carbocycles. The van der Waals surface area contributed by atoms with Gasteiger partial charge in [0.05, 0.1) is 0 Å². The molecular formula is C20H50O9P4S3. The summed E-state index contributed by atoms with van der Waals surface area (Å²) in [6.45, 7) is 20.6. The molecule has 0 aliphatic heterocycles. The van der Waals surface area contributed by atoms with Crippen LogP contribution in [0.15, 0.2) is 0 Å². The minimum Gasteiger partial charge on any atom is -0.110 e. The number of rotatable bonds is 12. The minimum atomic E-state index is -4.77. The molecule has 0 aliphatic carbocycles. The van der Waals surface area contributed by atoms with E-state index in [4.69, 9.17) is 20.1 Å². The summed E-state index contributed by atoms with van der Waals surface area (Å²) in [5.74, 6) is 0. The van der Waals surface area contributed by atoms with Crippen LogP contribution in [0, 0.1) is 12.1 Å². The number of hydrogen-bond acceptors (Lipinski definition) is 6. The summed E-state index contributed by atoms with van der Waals surface area (Å²) in [5.41, 5.74) is -2.22. The molecule has 0 fully saturated rings. The molecule has 16 heteroatoms. The Kier molecular flexibility index (Phi) is 27.9. The van der Waals surface area contributed by atoms with E-state index in [0.29, 0.717) is 23.8 Å². The van der Waals surface area contributed by atoms with Gasteiger partial charge in [-0.05, 0) is 57.0 Å². The summed E-state index contributed by atoms with van der Waals surface area (Å²) in [4.78, 5) is 0. The molecule has 0 amide bonds. The molecular weight excluding hydrogens is 604 g/mol. The molecule has 9 nitrogen and oxygen atoms in total. The Bertz CT molecular complexity index is 784. The fourth-order valence-corrected chi connectivity index (χ4v) is 15.9. The van der Waals surface area contributed by atoms with E-state index in [2.05, 4.69) is 61.5 Å². The summed E-state index contributed by atoms with van der Waals surface area (Å²) in [6.07, 6.45) is 13.3. The third kappa shape index (κ3) is 35.0. The molecule has 0 aliphatic rings. The van der Waals surface area contributed by atoms with Crippen LogP contribution >= 0.6 is 31.0 Å². The molecule has 0 heterocycles. The van der Waals surface area contributed by atoms with Gasteiger partial charge in [0.25, 0.3) is 0 Å². The van der Waals surface area contributed by atoms with Gasteiger partial charge in [-0.25, -0.2) is 0 Å². The van der Waals surface area contributed by atoms with Gasteiger partial charge in [0.15, 0.2) is 0 Å². The second-order valence-corrected chi connectivity index (χ2v) is 26.8. The van der Waals surface area contributed by atoms with Crippen LogP contribution < -0.4 is 0 Å². The maximum absolute atomic E-state index is 10.7. The predicted octanol–water partition coefficient (Wildman–Crippen LogP) is 5.28. The quantitative estimate of drug-likeness (QED) is 0.144. The molecule has 3 N–H and O–H groups in total. The van der Waals surface area contributed by atoms with Gasteiger partial charge in [-0.15, -0.1) is 23.8 Å². The van der Waals surface area contributed by atoms with Crippen molar-refractivity contribution in [2.75, 3.05) is 73.4 Å². The second-order valence-electron chi connectivity index (χ2n) is 8.07. The molecule has 0 atom stereocenters. The fraction of sp³-hybridized carbons (Fsp3) is 0.900. The van der Waals surface area contributed by atoms with Crippen LogP contribution in [0.25, 0.3) is 0 Å². The SMILES string of the molecule is C#C[PH](CS(=O)(=O)O)(CS(=O)(=O)O)CS(=O)(=O)O.CCP(C)CC.CCP(C)CC.CCP(C)CC. The summed E-state index contributed by atoms with van der Waals surface area (Å²) < 4.78 is 90.2. The molecule has 0 spiro atoms. The van der Waals surface area contributed by atoms with E-state index in [1.54, 1.807) is 5.66 Å². The standard InChI is InChI=1S/C5H11O9PS3.3C5H13P/c1-2-15(3-16(6,7)8,4-17(9,10)11)5-18(12,13)14;3*1-4-6(3)5-2/h1,15H,3-5H2,(H,6,7,8)(H,9,10,11)(H,12,13,14);3*4-5H2,1-3H3. The first-order valence-corrected chi connectivity index (χ1v) is 25.4. The summed E-state index contributed by atoms with van der Waals surface area (Å²) in [5, 5.41) is 0. The van der Waals surface area contributed by atoms with Crippen molar-refractivity contribution in [2.45, 2.75) is 41.5 Å². The van der Waals surface area contributed by atoms with Gasteiger partial charge in [-0.3, -0.25) is 0 Å². The average Bonchev–Trinajstić information content (AvgIpc) is 2.74. The maximum Gasteiger partial charge on any atom is -0.0357 e. The first-order chi connectivity index (χ1) is 16.1. The van der Waals surface area contributed by atoms with Gasteiger partial charge < -0.3 is 0 Å². The Balaban J connectivity index is -0.000000231.